The molecule has 1 aliphatic heterocycles. The fourth-order valence-corrected chi connectivity index (χ4v) is 4.74. The Bertz CT molecular complexity index is 1660. The van der Waals surface area contributed by atoms with Gasteiger partial charge in [-0.05, 0) is 42.0 Å². The van der Waals surface area contributed by atoms with Gasteiger partial charge >= 0.3 is 0 Å². The first kappa shape index (κ1) is 25.3. The third-order valence-corrected chi connectivity index (χ3v) is 6.50. The molecule has 0 bridgehead atoms. The highest BCUT2D eigenvalue weighted by atomic mass is 35.5. The summed E-state index contributed by atoms with van der Waals surface area (Å²) in [5, 5.41) is 21.1. The molecule has 1 aliphatic rings. The van der Waals surface area contributed by atoms with Gasteiger partial charge < -0.3 is 14.6 Å². The first-order valence-corrected chi connectivity index (χ1v) is 11.6. The van der Waals surface area contributed by atoms with Gasteiger partial charge in [0, 0.05) is 37.4 Å². The quantitative estimate of drug-likeness (QED) is 0.287. The molecule has 1 fully saturated rings. The topological polar surface area (TPSA) is 93.8 Å². The minimum atomic E-state index is -1.43. The van der Waals surface area contributed by atoms with Crippen molar-refractivity contribution in [1.82, 2.24) is 20.5 Å². The first-order chi connectivity index (χ1) is 18.1. The largest absolute Gasteiger partial charge is 0.463 e. The van der Waals surface area contributed by atoms with Gasteiger partial charge in [-0.2, -0.15) is 10.4 Å². The molecule has 0 unspecified atom stereocenters. The number of nitrogens with one attached hydrogen (secondary N) is 2. The van der Waals surface area contributed by atoms with Crippen LogP contribution in [0.1, 0.15) is 5.56 Å². The van der Waals surface area contributed by atoms with Crippen LogP contribution in [0.15, 0.2) is 59.2 Å². The van der Waals surface area contributed by atoms with Gasteiger partial charge in [0.25, 0.3) is 0 Å². The van der Waals surface area contributed by atoms with Crippen LogP contribution in [0, 0.1) is 28.8 Å². The van der Waals surface area contributed by atoms with Crippen molar-refractivity contribution in [2.24, 2.45) is 0 Å². The molecule has 1 saturated heterocycles. The maximum atomic E-state index is 14.9. The standard InChI is InChI=1S/C27H19F3N6O.ClH/c28-18-7-8-19(29)24(30)22(18)25-17(14-31)21(15-3-5-16(6-4-15)36-11-9-32-10-12-36)23-26(20-2-1-13-37-20)34-35-27(23)33-25;/h1-8,13,32H,9-12H2,(H,33,34,35);1H. The summed E-state index contributed by atoms with van der Waals surface area (Å²) >= 11 is 0. The van der Waals surface area contributed by atoms with Crippen molar-refractivity contribution in [2.45, 2.75) is 0 Å². The Morgan fingerprint density at radius 3 is 2.37 bits per heavy atom. The minimum Gasteiger partial charge on any atom is -0.463 e. The molecule has 6 rings (SSSR count). The number of pyridine rings is 1. The smallest absolute Gasteiger partial charge is 0.182 e. The van der Waals surface area contributed by atoms with Crippen molar-refractivity contribution in [3.63, 3.8) is 0 Å². The number of furan rings is 1. The summed E-state index contributed by atoms with van der Waals surface area (Å²) in [4.78, 5) is 6.56. The summed E-state index contributed by atoms with van der Waals surface area (Å²) in [5.74, 6) is -3.26. The van der Waals surface area contributed by atoms with E-state index in [1.807, 2.05) is 24.3 Å². The van der Waals surface area contributed by atoms with Crippen LogP contribution >= 0.6 is 12.4 Å². The lowest BCUT2D eigenvalue weighted by Gasteiger charge is -2.29. The molecule has 3 aromatic heterocycles. The van der Waals surface area contributed by atoms with Crippen molar-refractivity contribution in [1.29, 1.82) is 5.26 Å². The lowest BCUT2D eigenvalue weighted by atomic mass is 9.92. The van der Waals surface area contributed by atoms with Crippen molar-refractivity contribution in [3.8, 4) is 39.9 Å². The molecule has 2 N–H and O–H groups in total. The van der Waals surface area contributed by atoms with E-state index in [1.165, 1.54) is 6.26 Å². The van der Waals surface area contributed by atoms with E-state index in [-0.39, 0.29) is 29.3 Å². The Labute approximate surface area is 221 Å². The first-order valence-electron chi connectivity index (χ1n) is 11.6. The molecular weight excluding hydrogens is 517 g/mol. The van der Waals surface area contributed by atoms with E-state index in [0.29, 0.717) is 34.0 Å². The van der Waals surface area contributed by atoms with Gasteiger partial charge in [0.05, 0.1) is 28.5 Å². The molecule has 11 heteroatoms. The number of piperazine rings is 1. The third-order valence-electron chi connectivity index (χ3n) is 6.50. The molecule has 0 saturated carbocycles. The predicted octanol–water partition coefficient (Wildman–Crippen LogP) is 5.67. The second-order valence-electron chi connectivity index (χ2n) is 8.60. The number of hydrogen-bond acceptors (Lipinski definition) is 6. The maximum Gasteiger partial charge on any atom is 0.182 e. The molecule has 0 atom stereocenters. The van der Waals surface area contributed by atoms with Gasteiger partial charge in [-0.1, -0.05) is 12.1 Å². The Morgan fingerprint density at radius 2 is 1.68 bits per heavy atom. The molecule has 0 aliphatic carbocycles. The second kappa shape index (κ2) is 10.2. The van der Waals surface area contributed by atoms with Gasteiger partial charge in [-0.15, -0.1) is 12.4 Å². The Balaban J connectivity index is 0.00000294. The van der Waals surface area contributed by atoms with E-state index >= 15 is 0 Å². The van der Waals surface area contributed by atoms with Crippen molar-refractivity contribution >= 4 is 29.1 Å². The minimum absolute atomic E-state index is 0. The fraction of sp³-hybridized carbons (Fsp3) is 0.148. The number of aromatic amines is 1. The molecule has 4 heterocycles. The number of halogens is 4. The summed E-state index contributed by atoms with van der Waals surface area (Å²) in [6.07, 6.45) is 1.49. The number of nitrogens with zero attached hydrogens (tertiary/aromatic N) is 4. The van der Waals surface area contributed by atoms with E-state index in [9.17, 15) is 18.4 Å². The number of benzene rings is 2. The number of nitriles is 1. The number of rotatable bonds is 4. The highest BCUT2D eigenvalue weighted by Gasteiger charge is 2.27. The molecule has 0 amide bonds. The summed E-state index contributed by atoms with van der Waals surface area (Å²) in [6.45, 7) is 3.46. The normalized spacial score (nSPS) is 13.4. The number of aromatic nitrogens is 3. The molecule has 0 spiro atoms. The van der Waals surface area contributed by atoms with Gasteiger partial charge in [-0.3, -0.25) is 5.10 Å². The van der Waals surface area contributed by atoms with Crippen LogP contribution in [-0.4, -0.2) is 41.4 Å². The molecule has 2 aromatic carbocycles. The lowest BCUT2D eigenvalue weighted by Crippen LogP contribution is -2.43. The van der Waals surface area contributed by atoms with Crippen LogP contribution in [0.4, 0.5) is 18.9 Å². The van der Waals surface area contributed by atoms with Crippen LogP contribution in [0.5, 0.6) is 0 Å². The fourth-order valence-electron chi connectivity index (χ4n) is 4.74. The molecular formula is C27H20ClF3N6O. The number of hydrogen-bond donors (Lipinski definition) is 2. The van der Waals surface area contributed by atoms with Gasteiger partial charge in [0.2, 0.25) is 0 Å². The SMILES string of the molecule is Cl.N#Cc1c(-c2c(F)ccc(F)c2F)nc2n[nH]c(-c3ccco3)c2c1-c1ccc(N2CCNCC2)cc1. The van der Waals surface area contributed by atoms with Crippen LogP contribution in [-0.2, 0) is 0 Å². The Hall–Kier alpha value is -4.33. The monoisotopic (exact) mass is 536 g/mol. The summed E-state index contributed by atoms with van der Waals surface area (Å²) in [7, 11) is 0. The van der Waals surface area contributed by atoms with Crippen LogP contribution in [0.2, 0.25) is 0 Å². The number of anilines is 1. The van der Waals surface area contributed by atoms with Crippen LogP contribution in [0.3, 0.4) is 0 Å². The summed E-state index contributed by atoms with van der Waals surface area (Å²) in [5.41, 5.74) is 1.37. The molecule has 192 valence electrons. The Morgan fingerprint density at radius 1 is 0.947 bits per heavy atom. The van der Waals surface area contributed by atoms with Gasteiger partial charge in [0.15, 0.2) is 23.0 Å². The van der Waals surface area contributed by atoms with Crippen molar-refractivity contribution in [3.05, 3.63) is 77.8 Å². The van der Waals surface area contributed by atoms with E-state index in [1.54, 1.807) is 12.1 Å². The predicted molar refractivity (Wildman–Crippen MR) is 139 cm³/mol. The Kier molecular flexibility index (Phi) is 6.80. The van der Waals surface area contributed by atoms with E-state index in [0.717, 1.165) is 37.9 Å². The van der Waals surface area contributed by atoms with Gasteiger partial charge in [0.1, 0.15) is 17.6 Å². The summed E-state index contributed by atoms with van der Waals surface area (Å²) < 4.78 is 49.4. The summed E-state index contributed by atoms with van der Waals surface area (Å²) in [6, 6.07) is 14.5. The van der Waals surface area contributed by atoms with Crippen LogP contribution in [0.25, 0.3) is 44.9 Å². The second-order valence-corrected chi connectivity index (χ2v) is 8.60. The number of H-pyrrole nitrogens is 1. The highest BCUT2D eigenvalue weighted by Crippen LogP contribution is 2.42. The number of fused-ring (bicyclic) bond motifs is 1. The zero-order valence-corrected chi connectivity index (χ0v) is 20.6. The molecule has 7 nitrogen and oxygen atoms in total. The van der Waals surface area contributed by atoms with E-state index < -0.39 is 23.0 Å². The highest BCUT2D eigenvalue weighted by molar-refractivity contribution is 6.06. The average molecular weight is 537 g/mol. The van der Waals surface area contributed by atoms with Crippen molar-refractivity contribution < 1.29 is 17.6 Å². The molecule has 5 aromatic rings. The molecule has 38 heavy (non-hydrogen) atoms. The van der Waals surface area contributed by atoms with Gasteiger partial charge in [-0.25, -0.2) is 18.2 Å². The van der Waals surface area contributed by atoms with Crippen molar-refractivity contribution in [2.75, 3.05) is 31.1 Å². The zero-order valence-electron chi connectivity index (χ0n) is 19.8. The van der Waals surface area contributed by atoms with E-state index in [2.05, 4.69) is 31.5 Å². The third kappa shape index (κ3) is 4.16. The average Bonchev–Trinajstić information content (AvgIpc) is 3.61. The van der Waals surface area contributed by atoms with E-state index in [4.69, 9.17) is 4.42 Å². The maximum absolute atomic E-state index is 14.9. The van der Waals surface area contributed by atoms with Crippen LogP contribution < -0.4 is 10.2 Å². The molecule has 0 radical (unpaired) electrons. The lowest BCUT2D eigenvalue weighted by molar-refractivity contribution is 0.498. The zero-order chi connectivity index (χ0) is 25.5.